The molecule has 0 spiro atoms. The Hall–Kier alpha value is -3.54. The molecule has 5 nitrogen and oxygen atoms in total. The predicted molar refractivity (Wildman–Crippen MR) is 129 cm³/mol. The Morgan fingerprint density at radius 2 is 1.71 bits per heavy atom. The molecule has 2 aromatic carbocycles. The number of hydrogen-bond acceptors (Lipinski definition) is 3. The third-order valence-electron chi connectivity index (χ3n) is 6.41. The zero-order valence-corrected chi connectivity index (χ0v) is 19.4. The molecule has 0 unspecified atom stereocenters. The SMILES string of the molecule is Cc1ccccc1[C@@H](C(=O)NC1CCCCC1)N(Cc1ccc(F)cc1)C(=O)c1ccccn1. The number of amides is 2. The van der Waals surface area contributed by atoms with Gasteiger partial charge < -0.3 is 10.2 Å². The first-order valence-electron chi connectivity index (χ1n) is 11.9. The number of carbonyl (C=O) groups excluding carboxylic acids is 2. The molecule has 6 heteroatoms. The number of pyridine rings is 1. The summed E-state index contributed by atoms with van der Waals surface area (Å²) in [5.74, 6) is -0.901. The molecule has 0 radical (unpaired) electrons. The van der Waals surface area contributed by atoms with Gasteiger partial charge in [0, 0.05) is 18.8 Å². The van der Waals surface area contributed by atoms with Gasteiger partial charge in [-0.3, -0.25) is 14.6 Å². The van der Waals surface area contributed by atoms with E-state index in [0.29, 0.717) is 0 Å². The zero-order chi connectivity index (χ0) is 23.9. The highest BCUT2D eigenvalue weighted by Crippen LogP contribution is 2.29. The second-order valence-electron chi connectivity index (χ2n) is 8.88. The number of hydrogen-bond donors (Lipinski definition) is 1. The maximum atomic E-state index is 13.8. The Morgan fingerprint density at radius 3 is 2.38 bits per heavy atom. The molecule has 1 heterocycles. The number of halogens is 1. The van der Waals surface area contributed by atoms with Crippen LogP contribution in [0.2, 0.25) is 0 Å². The normalized spacial score (nSPS) is 14.9. The van der Waals surface area contributed by atoms with Gasteiger partial charge in [0.25, 0.3) is 5.91 Å². The van der Waals surface area contributed by atoms with Crippen LogP contribution in [0.1, 0.15) is 65.3 Å². The second kappa shape index (κ2) is 11.1. The smallest absolute Gasteiger partial charge is 0.273 e. The van der Waals surface area contributed by atoms with Crippen molar-refractivity contribution in [3.63, 3.8) is 0 Å². The Morgan fingerprint density at radius 1 is 1.00 bits per heavy atom. The average Bonchev–Trinajstić information content (AvgIpc) is 2.86. The number of aromatic nitrogens is 1. The van der Waals surface area contributed by atoms with Crippen molar-refractivity contribution >= 4 is 11.8 Å². The molecule has 0 aliphatic heterocycles. The molecule has 1 N–H and O–H groups in total. The molecule has 0 saturated heterocycles. The van der Waals surface area contributed by atoms with Gasteiger partial charge in [0.15, 0.2) is 0 Å². The van der Waals surface area contributed by atoms with E-state index in [0.717, 1.165) is 42.4 Å². The molecule has 1 aliphatic carbocycles. The van der Waals surface area contributed by atoms with Crippen LogP contribution in [0.15, 0.2) is 72.9 Å². The van der Waals surface area contributed by atoms with Crippen LogP contribution in [0.4, 0.5) is 4.39 Å². The van der Waals surface area contributed by atoms with Crippen molar-refractivity contribution in [2.45, 2.75) is 57.7 Å². The van der Waals surface area contributed by atoms with Gasteiger partial charge in [-0.25, -0.2) is 4.39 Å². The van der Waals surface area contributed by atoms with E-state index in [9.17, 15) is 14.0 Å². The van der Waals surface area contributed by atoms with E-state index in [4.69, 9.17) is 0 Å². The van der Waals surface area contributed by atoms with Crippen LogP contribution in [0.3, 0.4) is 0 Å². The summed E-state index contributed by atoms with van der Waals surface area (Å²) in [5, 5.41) is 3.21. The summed E-state index contributed by atoms with van der Waals surface area (Å²) in [6, 6.07) is 18.0. The lowest BCUT2D eigenvalue weighted by Gasteiger charge is -2.34. The minimum Gasteiger partial charge on any atom is -0.351 e. The minimum atomic E-state index is -0.845. The summed E-state index contributed by atoms with van der Waals surface area (Å²) in [6.07, 6.45) is 6.81. The quantitative estimate of drug-likeness (QED) is 0.517. The van der Waals surface area contributed by atoms with Crippen molar-refractivity contribution in [2.75, 3.05) is 0 Å². The molecule has 1 atom stereocenters. The predicted octanol–water partition coefficient (Wildman–Crippen LogP) is 5.36. The molecule has 1 aromatic heterocycles. The molecule has 176 valence electrons. The van der Waals surface area contributed by atoms with Crippen LogP contribution >= 0.6 is 0 Å². The van der Waals surface area contributed by atoms with Crippen molar-refractivity contribution in [3.05, 3.63) is 101 Å². The van der Waals surface area contributed by atoms with Gasteiger partial charge in [0.2, 0.25) is 5.91 Å². The molecule has 34 heavy (non-hydrogen) atoms. The van der Waals surface area contributed by atoms with Gasteiger partial charge in [-0.15, -0.1) is 0 Å². The number of nitrogens with one attached hydrogen (secondary N) is 1. The van der Waals surface area contributed by atoms with Crippen LogP contribution in [0.25, 0.3) is 0 Å². The number of benzene rings is 2. The van der Waals surface area contributed by atoms with Crippen molar-refractivity contribution in [1.29, 1.82) is 0 Å². The third kappa shape index (κ3) is 5.68. The van der Waals surface area contributed by atoms with Crippen LogP contribution in [0, 0.1) is 12.7 Å². The van der Waals surface area contributed by atoms with Crippen molar-refractivity contribution in [1.82, 2.24) is 15.2 Å². The Kier molecular flexibility index (Phi) is 7.68. The molecular weight excluding hydrogens is 429 g/mol. The van der Waals surface area contributed by atoms with E-state index in [1.165, 1.54) is 18.6 Å². The van der Waals surface area contributed by atoms with Gasteiger partial charge in [0.1, 0.15) is 17.6 Å². The molecule has 4 rings (SSSR count). The number of rotatable bonds is 7. The Labute approximate surface area is 200 Å². The highest BCUT2D eigenvalue weighted by atomic mass is 19.1. The lowest BCUT2D eigenvalue weighted by Crippen LogP contribution is -2.47. The van der Waals surface area contributed by atoms with Crippen LogP contribution in [0.5, 0.6) is 0 Å². The fraction of sp³-hybridized carbons (Fsp3) is 0.321. The van der Waals surface area contributed by atoms with Crippen LogP contribution in [-0.2, 0) is 11.3 Å². The molecule has 2 amide bonds. The summed E-state index contributed by atoms with van der Waals surface area (Å²) in [7, 11) is 0. The molecule has 0 bridgehead atoms. The lowest BCUT2D eigenvalue weighted by molar-refractivity contribution is -0.127. The van der Waals surface area contributed by atoms with Gasteiger partial charge >= 0.3 is 0 Å². The molecule has 1 aliphatic rings. The van der Waals surface area contributed by atoms with Gasteiger partial charge in [-0.2, -0.15) is 0 Å². The monoisotopic (exact) mass is 459 g/mol. The molecule has 3 aromatic rings. The fourth-order valence-electron chi connectivity index (χ4n) is 4.57. The summed E-state index contributed by atoms with van der Waals surface area (Å²) in [5.41, 5.74) is 2.68. The lowest BCUT2D eigenvalue weighted by atomic mass is 9.93. The van der Waals surface area contributed by atoms with E-state index < -0.39 is 6.04 Å². The van der Waals surface area contributed by atoms with Gasteiger partial charge in [-0.1, -0.05) is 61.7 Å². The first kappa shape index (κ1) is 23.6. The summed E-state index contributed by atoms with van der Waals surface area (Å²) < 4.78 is 13.6. The maximum absolute atomic E-state index is 13.8. The van der Waals surface area contributed by atoms with E-state index >= 15 is 0 Å². The van der Waals surface area contributed by atoms with Crippen LogP contribution < -0.4 is 5.32 Å². The average molecular weight is 460 g/mol. The van der Waals surface area contributed by atoms with Crippen molar-refractivity contribution in [2.24, 2.45) is 0 Å². The van der Waals surface area contributed by atoms with E-state index in [2.05, 4.69) is 10.3 Å². The summed E-state index contributed by atoms with van der Waals surface area (Å²) in [6.45, 7) is 2.09. The zero-order valence-electron chi connectivity index (χ0n) is 19.4. The maximum Gasteiger partial charge on any atom is 0.273 e. The summed E-state index contributed by atoms with van der Waals surface area (Å²) >= 11 is 0. The molecular formula is C28H30FN3O2. The minimum absolute atomic E-state index is 0.102. The standard InChI is InChI=1S/C28H30FN3O2/c1-20-9-5-6-12-24(20)26(27(33)31-23-10-3-2-4-11-23)32(19-21-14-16-22(29)17-15-21)28(34)25-13-7-8-18-30-25/h5-9,12-18,23,26H,2-4,10-11,19H2,1H3,(H,31,33)/t26-/m0/s1. The first-order chi connectivity index (χ1) is 16.5. The largest absolute Gasteiger partial charge is 0.351 e. The van der Waals surface area contributed by atoms with Crippen molar-refractivity contribution in [3.8, 4) is 0 Å². The highest BCUT2D eigenvalue weighted by molar-refractivity contribution is 5.96. The van der Waals surface area contributed by atoms with Gasteiger partial charge in [0.05, 0.1) is 0 Å². The van der Waals surface area contributed by atoms with E-state index in [1.807, 2.05) is 31.2 Å². The topological polar surface area (TPSA) is 62.3 Å². The highest BCUT2D eigenvalue weighted by Gasteiger charge is 2.34. The molecule has 1 fully saturated rings. The Balaban J connectivity index is 1.75. The van der Waals surface area contributed by atoms with Crippen LogP contribution in [-0.4, -0.2) is 27.7 Å². The third-order valence-corrected chi connectivity index (χ3v) is 6.41. The Bertz CT molecular complexity index is 1110. The number of nitrogens with zero attached hydrogens (tertiary/aromatic N) is 2. The second-order valence-corrected chi connectivity index (χ2v) is 8.88. The van der Waals surface area contributed by atoms with E-state index in [1.54, 1.807) is 41.4 Å². The van der Waals surface area contributed by atoms with E-state index in [-0.39, 0.29) is 35.9 Å². The van der Waals surface area contributed by atoms with Gasteiger partial charge in [-0.05, 0) is 60.7 Å². The first-order valence-corrected chi connectivity index (χ1v) is 11.9. The fourth-order valence-corrected chi connectivity index (χ4v) is 4.57. The van der Waals surface area contributed by atoms with Crippen molar-refractivity contribution < 1.29 is 14.0 Å². The number of aryl methyl sites for hydroxylation is 1. The molecule has 1 saturated carbocycles. The summed E-state index contributed by atoms with van der Waals surface area (Å²) in [4.78, 5) is 33.3. The number of carbonyl (C=O) groups is 2.